The number of aromatic hydroxyl groups is 1. The van der Waals surface area contributed by atoms with Crippen LogP contribution < -0.4 is 10.1 Å². The zero-order valence-corrected chi connectivity index (χ0v) is 12.3. The summed E-state index contributed by atoms with van der Waals surface area (Å²) in [5.74, 6) is 0.734. The Hall–Kier alpha value is -1.52. The van der Waals surface area contributed by atoms with Crippen LogP contribution in [0.2, 0.25) is 0 Å². The maximum Gasteiger partial charge on any atom is 0.162 e. The lowest BCUT2D eigenvalue weighted by Gasteiger charge is -2.09. The van der Waals surface area contributed by atoms with E-state index in [1.54, 1.807) is 13.2 Å². The van der Waals surface area contributed by atoms with Gasteiger partial charge in [0.15, 0.2) is 11.5 Å². The van der Waals surface area contributed by atoms with E-state index >= 15 is 0 Å². The fourth-order valence-electron chi connectivity index (χ4n) is 1.93. The number of hydrogen-bond donors (Lipinski definition) is 2. The van der Waals surface area contributed by atoms with Gasteiger partial charge in [-0.3, -0.25) is 0 Å². The Balaban J connectivity index is 1.96. The molecule has 2 rings (SSSR count). The van der Waals surface area contributed by atoms with E-state index in [1.807, 2.05) is 23.5 Å². The number of ether oxygens (including phenoxy) is 1. The molecule has 0 radical (unpaired) electrons. The van der Waals surface area contributed by atoms with Gasteiger partial charge < -0.3 is 15.2 Å². The molecule has 0 amide bonds. The standard InChI is InChI=1S/C15H19NO2S/c1-10-7-13(19-11(10)2)9-16-8-12-5-4-6-14(18-3)15(12)17/h4-7,16-17H,8-9H2,1-3H3. The first-order valence-corrected chi connectivity index (χ1v) is 7.05. The van der Waals surface area contributed by atoms with E-state index in [1.165, 1.54) is 15.3 Å². The molecule has 0 saturated heterocycles. The molecule has 0 spiro atoms. The lowest BCUT2D eigenvalue weighted by molar-refractivity contribution is 0.369. The summed E-state index contributed by atoms with van der Waals surface area (Å²) < 4.78 is 5.09. The summed E-state index contributed by atoms with van der Waals surface area (Å²) in [5, 5.41) is 13.3. The van der Waals surface area contributed by atoms with E-state index in [4.69, 9.17) is 4.74 Å². The van der Waals surface area contributed by atoms with Gasteiger partial charge in [-0.2, -0.15) is 0 Å². The first-order valence-electron chi connectivity index (χ1n) is 6.23. The molecule has 0 aliphatic carbocycles. The topological polar surface area (TPSA) is 41.5 Å². The van der Waals surface area contributed by atoms with E-state index in [9.17, 15) is 5.11 Å². The number of phenols is 1. The summed E-state index contributed by atoms with van der Waals surface area (Å²) in [5.41, 5.74) is 2.19. The quantitative estimate of drug-likeness (QED) is 0.880. The van der Waals surface area contributed by atoms with Crippen molar-refractivity contribution in [1.29, 1.82) is 0 Å². The number of para-hydroxylation sites is 1. The molecule has 0 atom stereocenters. The van der Waals surface area contributed by atoms with Crippen molar-refractivity contribution in [3.8, 4) is 11.5 Å². The first-order chi connectivity index (χ1) is 9.11. The number of rotatable bonds is 5. The predicted molar refractivity (Wildman–Crippen MR) is 79.0 cm³/mol. The fourth-order valence-corrected chi connectivity index (χ4v) is 2.96. The Morgan fingerprint density at radius 1 is 1.26 bits per heavy atom. The minimum absolute atomic E-state index is 0.219. The zero-order valence-electron chi connectivity index (χ0n) is 11.5. The molecule has 4 heteroatoms. The van der Waals surface area contributed by atoms with Crippen molar-refractivity contribution in [2.75, 3.05) is 7.11 Å². The van der Waals surface area contributed by atoms with Crippen molar-refractivity contribution in [2.45, 2.75) is 26.9 Å². The molecule has 0 unspecified atom stereocenters. The van der Waals surface area contributed by atoms with Crippen LogP contribution in [0, 0.1) is 13.8 Å². The Morgan fingerprint density at radius 2 is 2.05 bits per heavy atom. The SMILES string of the molecule is COc1cccc(CNCc2cc(C)c(C)s2)c1O. The second-order valence-corrected chi connectivity index (χ2v) is 5.86. The van der Waals surface area contributed by atoms with Crippen LogP contribution >= 0.6 is 11.3 Å². The van der Waals surface area contributed by atoms with Crippen LogP contribution in [0.25, 0.3) is 0 Å². The average molecular weight is 277 g/mol. The summed E-state index contributed by atoms with van der Waals surface area (Å²) in [6, 6.07) is 7.74. The second-order valence-electron chi connectivity index (χ2n) is 4.52. The third-order valence-electron chi connectivity index (χ3n) is 3.13. The first kappa shape index (κ1) is 13.9. The summed E-state index contributed by atoms with van der Waals surface area (Å²) in [6.45, 7) is 5.70. The number of hydrogen-bond acceptors (Lipinski definition) is 4. The van der Waals surface area contributed by atoms with Crippen LogP contribution in [0.5, 0.6) is 11.5 Å². The van der Waals surface area contributed by atoms with Crippen LogP contribution in [0.4, 0.5) is 0 Å². The van der Waals surface area contributed by atoms with Gasteiger partial charge in [-0.25, -0.2) is 0 Å². The predicted octanol–water partition coefficient (Wildman–Crippen LogP) is 3.37. The average Bonchev–Trinajstić information content (AvgIpc) is 2.71. The van der Waals surface area contributed by atoms with Gasteiger partial charge in [0.1, 0.15) is 0 Å². The molecule has 0 aliphatic heterocycles. The normalized spacial score (nSPS) is 10.7. The van der Waals surface area contributed by atoms with E-state index in [0.29, 0.717) is 12.3 Å². The molecule has 3 nitrogen and oxygen atoms in total. The van der Waals surface area contributed by atoms with E-state index < -0.39 is 0 Å². The molecule has 0 aliphatic rings. The number of phenolic OH excluding ortho intramolecular Hbond substituents is 1. The molecule has 102 valence electrons. The van der Waals surface area contributed by atoms with E-state index in [2.05, 4.69) is 25.2 Å². The van der Waals surface area contributed by atoms with Crippen molar-refractivity contribution < 1.29 is 9.84 Å². The minimum atomic E-state index is 0.219. The van der Waals surface area contributed by atoms with Crippen LogP contribution in [0.15, 0.2) is 24.3 Å². The van der Waals surface area contributed by atoms with Gasteiger partial charge in [-0.05, 0) is 31.5 Å². The van der Waals surface area contributed by atoms with Gasteiger partial charge in [0.2, 0.25) is 0 Å². The Labute approximate surface area is 117 Å². The molecule has 0 bridgehead atoms. The molecule has 19 heavy (non-hydrogen) atoms. The molecule has 2 aromatic rings. The van der Waals surface area contributed by atoms with Crippen LogP contribution in [-0.4, -0.2) is 12.2 Å². The van der Waals surface area contributed by atoms with Crippen molar-refractivity contribution in [3.63, 3.8) is 0 Å². The lowest BCUT2D eigenvalue weighted by atomic mass is 10.2. The Morgan fingerprint density at radius 3 is 2.68 bits per heavy atom. The molecule has 0 saturated carbocycles. The molecular weight excluding hydrogens is 258 g/mol. The molecule has 1 aromatic heterocycles. The number of benzene rings is 1. The van der Waals surface area contributed by atoms with E-state index in [-0.39, 0.29) is 5.75 Å². The van der Waals surface area contributed by atoms with Gasteiger partial charge in [-0.15, -0.1) is 11.3 Å². The third kappa shape index (κ3) is 3.28. The Bertz CT molecular complexity index is 544. The Kier molecular flexibility index (Phi) is 4.45. The monoisotopic (exact) mass is 277 g/mol. The summed E-state index contributed by atoms with van der Waals surface area (Å²) in [7, 11) is 1.56. The van der Waals surface area contributed by atoms with Gasteiger partial charge in [0.25, 0.3) is 0 Å². The number of thiophene rings is 1. The van der Waals surface area contributed by atoms with Crippen molar-refractivity contribution in [1.82, 2.24) is 5.32 Å². The molecule has 1 heterocycles. The van der Waals surface area contributed by atoms with Crippen LogP contribution in [0.1, 0.15) is 20.9 Å². The van der Waals surface area contributed by atoms with Gasteiger partial charge in [-0.1, -0.05) is 12.1 Å². The highest BCUT2D eigenvalue weighted by molar-refractivity contribution is 7.12. The second kappa shape index (κ2) is 6.08. The van der Waals surface area contributed by atoms with Crippen LogP contribution in [-0.2, 0) is 13.1 Å². The maximum atomic E-state index is 9.97. The van der Waals surface area contributed by atoms with E-state index in [0.717, 1.165) is 12.1 Å². The fraction of sp³-hybridized carbons (Fsp3) is 0.333. The highest BCUT2D eigenvalue weighted by Gasteiger charge is 2.07. The van der Waals surface area contributed by atoms with Crippen LogP contribution in [0.3, 0.4) is 0 Å². The van der Waals surface area contributed by atoms with Gasteiger partial charge in [0, 0.05) is 28.4 Å². The number of nitrogens with one attached hydrogen (secondary N) is 1. The van der Waals surface area contributed by atoms with Gasteiger partial charge >= 0.3 is 0 Å². The van der Waals surface area contributed by atoms with Gasteiger partial charge in [0.05, 0.1) is 7.11 Å². The van der Waals surface area contributed by atoms with Crippen molar-refractivity contribution >= 4 is 11.3 Å². The largest absolute Gasteiger partial charge is 0.504 e. The minimum Gasteiger partial charge on any atom is -0.504 e. The maximum absolute atomic E-state index is 9.97. The number of methoxy groups -OCH3 is 1. The summed E-state index contributed by atoms with van der Waals surface area (Å²) in [6.07, 6.45) is 0. The zero-order chi connectivity index (χ0) is 13.8. The highest BCUT2D eigenvalue weighted by atomic mass is 32.1. The molecule has 0 fully saturated rings. The smallest absolute Gasteiger partial charge is 0.162 e. The number of aryl methyl sites for hydroxylation is 2. The molecular formula is C15H19NO2S. The van der Waals surface area contributed by atoms with Crippen molar-refractivity contribution in [3.05, 3.63) is 45.1 Å². The molecule has 1 aromatic carbocycles. The summed E-state index contributed by atoms with van der Waals surface area (Å²) >= 11 is 1.81. The van der Waals surface area contributed by atoms with Crippen molar-refractivity contribution in [2.24, 2.45) is 0 Å². The lowest BCUT2D eigenvalue weighted by Crippen LogP contribution is -2.12. The molecule has 2 N–H and O–H groups in total. The third-order valence-corrected chi connectivity index (χ3v) is 4.29. The summed E-state index contributed by atoms with van der Waals surface area (Å²) in [4.78, 5) is 2.68. The highest BCUT2D eigenvalue weighted by Crippen LogP contribution is 2.29.